The van der Waals surface area contributed by atoms with Gasteiger partial charge in [0.1, 0.15) is 9.84 Å². The van der Waals surface area contributed by atoms with Crippen LogP contribution in [0.2, 0.25) is 0 Å². The molecule has 0 fully saturated rings. The van der Waals surface area contributed by atoms with E-state index in [9.17, 15) is 8.42 Å². The third-order valence-corrected chi connectivity index (χ3v) is 2.63. The molecule has 0 unspecified atom stereocenters. The van der Waals surface area contributed by atoms with Crippen LogP contribution >= 0.6 is 0 Å². The van der Waals surface area contributed by atoms with Crippen LogP contribution in [-0.4, -0.2) is 46.2 Å². The summed E-state index contributed by atoms with van der Waals surface area (Å²) in [7, 11) is -2.83. The third kappa shape index (κ3) is 11.9. The van der Waals surface area contributed by atoms with Crippen LogP contribution in [0, 0.1) is 0 Å². The Morgan fingerprint density at radius 3 is 2.43 bits per heavy atom. The van der Waals surface area contributed by atoms with Crippen molar-refractivity contribution in [2.75, 3.05) is 31.8 Å². The van der Waals surface area contributed by atoms with Crippen molar-refractivity contribution >= 4 is 9.84 Å². The Morgan fingerprint density at radius 1 is 1.29 bits per heavy atom. The molecule has 0 aromatic heterocycles. The summed E-state index contributed by atoms with van der Waals surface area (Å²) in [6.45, 7) is 6.12. The van der Waals surface area contributed by atoms with Crippen LogP contribution in [-0.2, 0) is 14.6 Å². The molecule has 0 aliphatic carbocycles. The predicted molar refractivity (Wildman–Crippen MR) is 58.3 cm³/mol. The van der Waals surface area contributed by atoms with Crippen molar-refractivity contribution in [3.63, 3.8) is 0 Å². The van der Waals surface area contributed by atoms with E-state index in [4.69, 9.17) is 4.74 Å². The molecule has 86 valence electrons. The third-order valence-electron chi connectivity index (χ3n) is 1.60. The van der Waals surface area contributed by atoms with Crippen LogP contribution in [0.25, 0.3) is 0 Å². The van der Waals surface area contributed by atoms with Crippen molar-refractivity contribution in [2.45, 2.75) is 26.3 Å². The minimum atomic E-state index is -2.83. The van der Waals surface area contributed by atoms with Gasteiger partial charge in [-0.1, -0.05) is 13.8 Å². The van der Waals surface area contributed by atoms with E-state index in [2.05, 4.69) is 19.2 Å². The van der Waals surface area contributed by atoms with Gasteiger partial charge in [0, 0.05) is 25.4 Å². The molecule has 0 bridgehead atoms. The van der Waals surface area contributed by atoms with Gasteiger partial charge in [-0.3, -0.25) is 0 Å². The minimum Gasteiger partial charge on any atom is -0.380 e. The molecular weight excluding hydrogens is 202 g/mol. The molecule has 0 rings (SSSR count). The van der Waals surface area contributed by atoms with Gasteiger partial charge in [-0.15, -0.1) is 0 Å². The molecule has 0 aliphatic rings. The van der Waals surface area contributed by atoms with Gasteiger partial charge in [0.25, 0.3) is 0 Å². The summed E-state index contributed by atoms with van der Waals surface area (Å²) >= 11 is 0. The van der Waals surface area contributed by atoms with E-state index >= 15 is 0 Å². The molecule has 0 saturated carbocycles. The lowest BCUT2D eigenvalue weighted by Gasteiger charge is -2.08. The maximum Gasteiger partial charge on any atom is 0.147 e. The minimum absolute atomic E-state index is 0.213. The summed E-state index contributed by atoms with van der Waals surface area (Å²) in [6.07, 6.45) is 1.83. The number of sulfone groups is 1. The lowest BCUT2D eigenvalue weighted by molar-refractivity contribution is 0.135. The molecule has 0 saturated heterocycles. The molecule has 0 aliphatic heterocycles. The Hall–Kier alpha value is -0.130. The molecular formula is C9H21NO3S. The largest absolute Gasteiger partial charge is 0.380 e. The summed E-state index contributed by atoms with van der Waals surface area (Å²) < 4.78 is 26.7. The van der Waals surface area contributed by atoms with Gasteiger partial charge in [0.2, 0.25) is 0 Å². The summed E-state index contributed by atoms with van der Waals surface area (Å²) in [6, 6.07) is 0.467. The Bertz CT molecular complexity index is 224. The summed E-state index contributed by atoms with van der Waals surface area (Å²) in [4.78, 5) is 0. The molecule has 0 spiro atoms. The van der Waals surface area contributed by atoms with Crippen LogP contribution in [0.15, 0.2) is 0 Å². The van der Waals surface area contributed by atoms with Gasteiger partial charge in [-0.25, -0.2) is 8.42 Å². The van der Waals surface area contributed by atoms with Crippen molar-refractivity contribution in [3.05, 3.63) is 0 Å². The zero-order chi connectivity index (χ0) is 11.0. The summed E-state index contributed by atoms with van der Waals surface area (Å²) in [5, 5.41) is 3.21. The molecule has 0 radical (unpaired) electrons. The van der Waals surface area contributed by atoms with Gasteiger partial charge in [-0.2, -0.15) is 0 Å². The fraction of sp³-hybridized carbons (Fsp3) is 1.00. The molecule has 0 aromatic rings. The molecule has 1 N–H and O–H groups in total. The van der Waals surface area contributed by atoms with Gasteiger partial charge in [0.05, 0.1) is 12.4 Å². The molecule has 0 heterocycles. The normalized spacial score (nSPS) is 12.3. The second kappa shape index (κ2) is 7.20. The van der Waals surface area contributed by atoms with E-state index in [1.807, 2.05) is 0 Å². The number of nitrogens with one attached hydrogen (secondary N) is 1. The summed E-state index contributed by atoms with van der Waals surface area (Å²) in [5.41, 5.74) is 0. The Morgan fingerprint density at radius 2 is 1.93 bits per heavy atom. The van der Waals surface area contributed by atoms with Crippen molar-refractivity contribution in [1.29, 1.82) is 0 Å². The van der Waals surface area contributed by atoms with E-state index in [1.165, 1.54) is 6.26 Å². The number of hydrogen-bond acceptors (Lipinski definition) is 4. The van der Waals surface area contributed by atoms with E-state index in [0.29, 0.717) is 25.7 Å². The molecule has 0 amide bonds. The smallest absolute Gasteiger partial charge is 0.147 e. The van der Waals surface area contributed by atoms with Crippen LogP contribution in [0.1, 0.15) is 20.3 Å². The lowest BCUT2D eigenvalue weighted by Crippen LogP contribution is -2.26. The van der Waals surface area contributed by atoms with E-state index in [0.717, 1.165) is 6.54 Å². The fourth-order valence-electron chi connectivity index (χ4n) is 0.945. The highest BCUT2D eigenvalue weighted by molar-refractivity contribution is 7.90. The monoisotopic (exact) mass is 223 g/mol. The van der Waals surface area contributed by atoms with Crippen molar-refractivity contribution in [1.82, 2.24) is 5.32 Å². The molecule has 5 heteroatoms. The van der Waals surface area contributed by atoms with E-state index in [1.54, 1.807) is 0 Å². The number of hydrogen-bond donors (Lipinski definition) is 1. The van der Waals surface area contributed by atoms with E-state index < -0.39 is 9.84 Å². The summed E-state index contributed by atoms with van der Waals surface area (Å²) in [5.74, 6) is 0.213. The average Bonchev–Trinajstić information content (AvgIpc) is 2.00. The van der Waals surface area contributed by atoms with E-state index in [-0.39, 0.29) is 5.75 Å². The number of ether oxygens (including phenoxy) is 1. The first-order chi connectivity index (χ1) is 6.42. The zero-order valence-electron chi connectivity index (χ0n) is 9.25. The molecule has 14 heavy (non-hydrogen) atoms. The quantitative estimate of drug-likeness (QED) is 0.607. The maximum absolute atomic E-state index is 10.7. The number of rotatable bonds is 8. The second-order valence-corrected chi connectivity index (χ2v) is 5.96. The topological polar surface area (TPSA) is 55.4 Å². The SMILES string of the molecule is CC(C)NCCOCCCS(C)(=O)=O. The highest BCUT2D eigenvalue weighted by atomic mass is 32.2. The van der Waals surface area contributed by atoms with Gasteiger partial charge in [-0.05, 0) is 6.42 Å². The highest BCUT2D eigenvalue weighted by Gasteiger charge is 2.00. The maximum atomic E-state index is 10.7. The highest BCUT2D eigenvalue weighted by Crippen LogP contribution is 1.89. The van der Waals surface area contributed by atoms with Gasteiger partial charge >= 0.3 is 0 Å². The standard InChI is InChI=1S/C9H21NO3S/c1-9(2)10-5-7-13-6-4-8-14(3,11)12/h9-10H,4-8H2,1-3H3. The van der Waals surface area contributed by atoms with Gasteiger partial charge < -0.3 is 10.1 Å². The first-order valence-electron chi connectivity index (χ1n) is 4.90. The van der Waals surface area contributed by atoms with Crippen molar-refractivity contribution in [2.24, 2.45) is 0 Å². The van der Waals surface area contributed by atoms with Crippen LogP contribution in [0.5, 0.6) is 0 Å². The fourth-order valence-corrected chi connectivity index (χ4v) is 1.59. The Balaban J connectivity index is 3.15. The Kier molecular flexibility index (Phi) is 7.13. The molecule has 0 atom stereocenters. The van der Waals surface area contributed by atoms with Crippen LogP contribution in [0.4, 0.5) is 0 Å². The first-order valence-corrected chi connectivity index (χ1v) is 6.97. The van der Waals surface area contributed by atoms with Crippen LogP contribution < -0.4 is 5.32 Å². The molecule has 0 aromatic carbocycles. The van der Waals surface area contributed by atoms with Crippen LogP contribution in [0.3, 0.4) is 0 Å². The van der Waals surface area contributed by atoms with Crippen molar-refractivity contribution in [3.8, 4) is 0 Å². The predicted octanol–water partition coefficient (Wildman–Crippen LogP) is 0.436. The van der Waals surface area contributed by atoms with Gasteiger partial charge in [0.15, 0.2) is 0 Å². The average molecular weight is 223 g/mol. The Labute approximate surface area is 86.9 Å². The zero-order valence-corrected chi connectivity index (χ0v) is 10.1. The lowest BCUT2D eigenvalue weighted by atomic mass is 10.4. The molecule has 4 nitrogen and oxygen atoms in total. The first kappa shape index (κ1) is 13.9. The second-order valence-electron chi connectivity index (χ2n) is 3.70. The van der Waals surface area contributed by atoms with Crippen molar-refractivity contribution < 1.29 is 13.2 Å².